The fourth-order valence-corrected chi connectivity index (χ4v) is 2.72. The first kappa shape index (κ1) is 19.2. The summed E-state index contributed by atoms with van der Waals surface area (Å²) in [4.78, 5) is 22.8. The minimum Gasteiger partial charge on any atom is -0.486 e. The van der Waals surface area contributed by atoms with Crippen LogP contribution in [0.15, 0.2) is 52.9 Å². The fourth-order valence-electron chi connectivity index (χ4n) is 2.72. The van der Waals surface area contributed by atoms with Gasteiger partial charge in [0.25, 0.3) is 11.6 Å². The Morgan fingerprint density at radius 2 is 1.89 bits per heavy atom. The average Bonchev–Trinajstić information content (AvgIpc) is 3.13. The third-order valence-electron chi connectivity index (χ3n) is 4.48. The van der Waals surface area contributed by atoms with E-state index in [1.807, 2.05) is 32.0 Å². The van der Waals surface area contributed by atoms with Crippen LogP contribution in [0.2, 0.25) is 0 Å². The molecule has 7 heteroatoms. The van der Waals surface area contributed by atoms with E-state index in [4.69, 9.17) is 9.15 Å². The molecule has 0 unspecified atom stereocenters. The van der Waals surface area contributed by atoms with Crippen molar-refractivity contribution in [3.05, 3.63) is 86.9 Å². The van der Waals surface area contributed by atoms with Gasteiger partial charge in [0, 0.05) is 17.3 Å². The third-order valence-corrected chi connectivity index (χ3v) is 4.48. The lowest BCUT2D eigenvalue weighted by Crippen LogP contribution is -2.12. The van der Waals surface area contributed by atoms with Crippen LogP contribution in [-0.4, -0.2) is 10.8 Å². The number of carbonyl (C=O) groups excluding carboxylic acids is 1. The van der Waals surface area contributed by atoms with Crippen LogP contribution >= 0.6 is 0 Å². The molecule has 2 aromatic carbocycles. The lowest BCUT2D eigenvalue weighted by molar-refractivity contribution is -0.385. The first-order valence-electron chi connectivity index (χ1n) is 8.69. The van der Waals surface area contributed by atoms with Crippen molar-refractivity contribution in [3.8, 4) is 5.75 Å². The van der Waals surface area contributed by atoms with Gasteiger partial charge < -0.3 is 14.5 Å². The first-order valence-corrected chi connectivity index (χ1v) is 8.69. The molecular weight excluding hydrogens is 360 g/mol. The highest BCUT2D eigenvalue weighted by Crippen LogP contribution is 2.24. The molecule has 0 aliphatic rings. The lowest BCUT2D eigenvalue weighted by atomic mass is 10.1. The molecule has 7 nitrogen and oxygen atoms in total. The second kappa shape index (κ2) is 7.96. The van der Waals surface area contributed by atoms with Gasteiger partial charge >= 0.3 is 0 Å². The van der Waals surface area contributed by atoms with Crippen LogP contribution in [0.5, 0.6) is 5.75 Å². The Morgan fingerprint density at radius 3 is 2.61 bits per heavy atom. The van der Waals surface area contributed by atoms with Crippen LogP contribution in [0.3, 0.4) is 0 Å². The maximum absolute atomic E-state index is 12.4. The number of furan rings is 1. The molecule has 1 N–H and O–H groups in total. The van der Waals surface area contributed by atoms with Crippen LogP contribution in [0.4, 0.5) is 11.4 Å². The minimum absolute atomic E-state index is 0.0377. The molecule has 0 aliphatic heterocycles. The van der Waals surface area contributed by atoms with Crippen molar-refractivity contribution in [2.45, 2.75) is 27.4 Å². The van der Waals surface area contributed by atoms with Crippen molar-refractivity contribution in [2.24, 2.45) is 0 Å². The van der Waals surface area contributed by atoms with Gasteiger partial charge in [-0.25, -0.2) is 0 Å². The van der Waals surface area contributed by atoms with E-state index in [0.29, 0.717) is 17.1 Å². The summed E-state index contributed by atoms with van der Waals surface area (Å²) in [5.74, 6) is 0.800. The van der Waals surface area contributed by atoms with Crippen molar-refractivity contribution in [3.63, 3.8) is 0 Å². The summed E-state index contributed by atoms with van der Waals surface area (Å²) >= 11 is 0. The highest BCUT2D eigenvalue weighted by atomic mass is 16.6. The number of nitro benzene ring substituents is 1. The maximum Gasteiger partial charge on any atom is 0.291 e. The van der Waals surface area contributed by atoms with Crippen molar-refractivity contribution in [1.82, 2.24) is 0 Å². The van der Waals surface area contributed by atoms with Gasteiger partial charge in [0.15, 0.2) is 5.76 Å². The van der Waals surface area contributed by atoms with Gasteiger partial charge in [0.05, 0.1) is 4.92 Å². The molecule has 0 radical (unpaired) electrons. The van der Waals surface area contributed by atoms with Crippen LogP contribution in [0.1, 0.15) is 33.0 Å². The van der Waals surface area contributed by atoms with Gasteiger partial charge in [0.1, 0.15) is 18.1 Å². The number of hydrogen-bond donors (Lipinski definition) is 1. The van der Waals surface area contributed by atoms with Gasteiger partial charge in [-0.15, -0.1) is 0 Å². The zero-order valence-corrected chi connectivity index (χ0v) is 15.8. The second-order valence-corrected chi connectivity index (χ2v) is 6.46. The predicted molar refractivity (Wildman–Crippen MR) is 105 cm³/mol. The first-order chi connectivity index (χ1) is 13.3. The van der Waals surface area contributed by atoms with Gasteiger partial charge in [-0.1, -0.05) is 12.1 Å². The molecule has 0 aliphatic carbocycles. The molecule has 0 spiro atoms. The molecule has 0 saturated carbocycles. The van der Waals surface area contributed by atoms with Crippen LogP contribution in [-0.2, 0) is 6.61 Å². The molecule has 0 bridgehead atoms. The number of nitrogens with zero attached hydrogens (tertiary/aromatic N) is 1. The number of rotatable bonds is 6. The van der Waals surface area contributed by atoms with E-state index in [1.54, 1.807) is 25.1 Å². The Kier molecular flexibility index (Phi) is 5.44. The summed E-state index contributed by atoms with van der Waals surface area (Å²) in [5, 5.41) is 13.7. The van der Waals surface area contributed by atoms with Crippen LogP contribution < -0.4 is 10.1 Å². The van der Waals surface area contributed by atoms with E-state index < -0.39 is 4.92 Å². The van der Waals surface area contributed by atoms with Gasteiger partial charge in [-0.05, 0) is 62.2 Å². The largest absolute Gasteiger partial charge is 0.486 e. The molecule has 3 rings (SSSR count). The number of hydrogen-bond acceptors (Lipinski definition) is 5. The number of anilines is 1. The average molecular weight is 380 g/mol. The van der Waals surface area contributed by atoms with E-state index in [2.05, 4.69) is 5.32 Å². The number of amides is 1. The van der Waals surface area contributed by atoms with Crippen molar-refractivity contribution < 1.29 is 18.9 Å². The summed E-state index contributed by atoms with van der Waals surface area (Å²) in [6.07, 6.45) is 0. The molecule has 1 amide bonds. The number of benzene rings is 2. The summed E-state index contributed by atoms with van der Waals surface area (Å²) < 4.78 is 11.2. The number of ether oxygens (including phenoxy) is 1. The molecule has 0 saturated heterocycles. The molecule has 3 aromatic rings. The van der Waals surface area contributed by atoms with E-state index in [0.717, 1.165) is 16.8 Å². The van der Waals surface area contributed by atoms with E-state index in [9.17, 15) is 14.9 Å². The van der Waals surface area contributed by atoms with Crippen molar-refractivity contribution in [1.29, 1.82) is 0 Å². The normalized spacial score (nSPS) is 10.5. The highest BCUT2D eigenvalue weighted by molar-refractivity contribution is 6.02. The third kappa shape index (κ3) is 4.20. The standard InChI is InChI=1S/C21H20N2O5/c1-13-5-4-6-18(15(13)3)22-21(24)20-10-8-17(28-20)12-27-16-7-9-19(23(25)26)14(2)11-16/h4-11H,12H2,1-3H3,(H,22,24). The molecule has 0 atom stereocenters. The molecule has 144 valence electrons. The molecular formula is C21H20N2O5. The van der Waals surface area contributed by atoms with Gasteiger partial charge in [-0.2, -0.15) is 0 Å². The van der Waals surface area contributed by atoms with Crippen molar-refractivity contribution >= 4 is 17.3 Å². The maximum atomic E-state index is 12.4. The Balaban J connectivity index is 1.64. The number of aryl methyl sites for hydroxylation is 2. The Hall–Kier alpha value is -3.61. The molecule has 0 fully saturated rings. The summed E-state index contributed by atoms with van der Waals surface area (Å²) in [6, 6.07) is 13.5. The van der Waals surface area contributed by atoms with Gasteiger partial charge in [0.2, 0.25) is 0 Å². The highest BCUT2D eigenvalue weighted by Gasteiger charge is 2.14. The topological polar surface area (TPSA) is 94.6 Å². The zero-order chi connectivity index (χ0) is 20.3. The fraction of sp³-hybridized carbons (Fsp3) is 0.190. The quantitative estimate of drug-likeness (QED) is 0.482. The monoisotopic (exact) mass is 380 g/mol. The van der Waals surface area contributed by atoms with Gasteiger partial charge in [-0.3, -0.25) is 14.9 Å². The smallest absolute Gasteiger partial charge is 0.291 e. The Labute approximate surface area is 162 Å². The Morgan fingerprint density at radius 1 is 1.11 bits per heavy atom. The SMILES string of the molecule is Cc1cc(OCc2ccc(C(=O)Nc3cccc(C)c3C)o2)ccc1[N+](=O)[O-]. The summed E-state index contributed by atoms with van der Waals surface area (Å²) in [6.45, 7) is 5.67. The van der Waals surface area contributed by atoms with E-state index in [-0.39, 0.29) is 24.0 Å². The Bertz CT molecular complexity index is 1040. The molecule has 1 aromatic heterocycles. The lowest BCUT2D eigenvalue weighted by Gasteiger charge is -2.09. The second-order valence-electron chi connectivity index (χ2n) is 6.46. The number of nitro groups is 1. The van der Waals surface area contributed by atoms with Crippen LogP contribution in [0.25, 0.3) is 0 Å². The van der Waals surface area contributed by atoms with E-state index >= 15 is 0 Å². The van der Waals surface area contributed by atoms with E-state index in [1.165, 1.54) is 12.1 Å². The van der Waals surface area contributed by atoms with Crippen LogP contribution in [0, 0.1) is 30.9 Å². The zero-order valence-electron chi connectivity index (χ0n) is 15.8. The minimum atomic E-state index is -0.438. The molecule has 28 heavy (non-hydrogen) atoms. The summed E-state index contributed by atoms with van der Waals surface area (Å²) in [7, 11) is 0. The van der Waals surface area contributed by atoms with Crippen molar-refractivity contribution in [2.75, 3.05) is 5.32 Å². The number of carbonyl (C=O) groups is 1. The number of nitrogens with one attached hydrogen (secondary N) is 1. The summed E-state index contributed by atoms with van der Waals surface area (Å²) in [5.41, 5.74) is 3.37. The molecule has 1 heterocycles. The predicted octanol–water partition coefficient (Wildman–Crippen LogP) is 4.94.